The monoisotopic (exact) mass is 314 g/mol. The molecule has 0 heterocycles. The third kappa shape index (κ3) is 4.86. The van der Waals surface area contributed by atoms with Crippen molar-refractivity contribution in [3.63, 3.8) is 0 Å². The number of rotatable bonds is 5. The molecule has 0 bridgehead atoms. The van der Waals surface area contributed by atoms with Crippen molar-refractivity contribution < 1.29 is 13.2 Å². The largest absolute Gasteiger partial charge is 0.416 e. The Kier molecular flexibility index (Phi) is 4.96. The van der Waals surface area contributed by atoms with E-state index < -0.39 is 11.7 Å². The van der Waals surface area contributed by atoms with E-state index >= 15 is 0 Å². The summed E-state index contributed by atoms with van der Waals surface area (Å²) in [5, 5.41) is 6.71. The lowest BCUT2D eigenvalue weighted by Gasteiger charge is -2.11. The van der Waals surface area contributed by atoms with E-state index in [4.69, 9.17) is 11.6 Å². The Bertz CT molecular complexity index is 599. The number of hydrogen-bond donors (Lipinski definition) is 2. The molecule has 0 fully saturated rings. The summed E-state index contributed by atoms with van der Waals surface area (Å²) < 4.78 is 37.7. The number of hydrogen-bond acceptors (Lipinski definition) is 2. The first-order valence-corrected chi connectivity index (χ1v) is 6.73. The Morgan fingerprint density at radius 1 is 0.857 bits per heavy atom. The van der Waals surface area contributed by atoms with Crippen LogP contribution in [0.4, 0.5) is 24.5 Å². The van der Waals surface area contributed by atoms with Crippen molar-refractivity contribution in [1.29, 1.82) is 0 Å². The van der Waals surface area contributed by atoms with E-state index in [0.29, 0.717) is 23.8 Å². The predicted octanol–water partition coefficient (Wildman–Crippen LogP) is 4.88. The van der Waals surface area contributed by atoms with Gasteiger partial charge in [0, 0.05) is 29.5 Å². The van der Waals surface area contributed by atoms with Gasteiger partial charge in [0.15, 0.2) is 0 Å². The first kappa shape index (κ1) is 15.5. The summed E-state index contributed by atoms with van der Waals surface area (Å²) in [6, 6.07) is 12.4. The summed E-state index contributed by atoms with van der Waals surface area (Å²) in [6.07, 6.45) is -4.32. The highest BCUT2D eigenvalue weighted by Gasteiger charge is 2.30. The zero-order valence-corrected chi connectivity index (χ0v) is 11.8. The smallest absolute Gasteiger partial charge is 0.383 e. The van der Waals surface area contributed by atoms with Crippen LogP contribution < -0.4 is 10.6 Å². The van der Waals surface area contributed by atoms with Crippen molar-refractivity contribution in [2.45, 2.75) is 6.18 Å². The van der Waals surface area contributed by atoms with Crippen LogP contribution in [0.2, 0.25) is 5.02 Å². The third-order valence-electron chi connectivity index (χ3n) is 2.80. The molecule has 2 rings (SSSR count). The fourth-order valence-electron chi connectivity index (χ4n) is 1.82. The minimum atomic E-state index is -4.32. The second-order valence-electron chi connectivity index (χ2n) is 4.44. The van der Waals surface area contributed by atoms with Crippen LogP contribution in [0, 0.1) is 0 Å². The van der Waals surface area contributed by atoms with E-state index in [1.807, 2.05) is 12.1 Å². The number of halogens is 4. The Labute approximate surface area is 125 Å². The average molecular weight is 315 g/mol. The van der Waals surface area contributed by atoms with E-state index in [-0.39, 0.29) is 0 Å². The standard InChI is InChI=1S/C15H14ClF3N2/c16-12-4-2-6-14(10-12)21-8-7-20-13-5-1-3-11(9-13)15(17,18)19/h1-6,9-10,20-21H,7-8H2. The van der Waals surface area contributed by atoms with Crippen LogP contribution in [0.5, 0.6) is 0 Å². The Morgan fingerprint density at radius 3 is 2.00 bits per heavy atom. The fraction of sp³-hybridized carbons (Fsp3) is 0.200. The Balaban J connectivity index is 1.84. The predicted molar refractivity (Wildman–Crippen MR) is 79.9 cm³/mol. The highest BCUT2D eigenvalue weighted by atomic mass is 35.5. The van der Waals surface area contributed by atoms with Crippen molar-refractivity contribution in [2.75, 3.05) is 23.7 Å². The third-order valence-corrected chi connectivity index (χ3v) is 3.03. The SMILES string of the molecule is FC(F)(F)c1cccc(NCCNc2cccc(Cl)c2)c1. The van der Waals surface area contributed by atoms with Crippen molar-refractivity contribution in [2.24, 2.45) is 0 Å². The molecule has 0 unspecified atom stereocenters. The van der Waals surface area contributed by atoms with Gasteiger partial charge in [-0.25, -0.2) is 0 Å². The lowest BCUT2D eigenvalue weighted by atomic mass is 10.2. The molecule has 112 valence electrons. The molecular weight excluding hydrogens is 301 g/mol. The molecule has 0 aliphatic rings. The average Bonchev–Trinajstić information content (AvgIpc) is 2.43. The maximum atomic E-state index is 12.6. The molecule has 0 radical (unpaired) electrons. The van der Waals surface area contributed by atoms with Crippen LogP contribution in [0.25, 0.3) is 0 Å². The van der Waals surface area contributed by atoms with Crippen molar-refractivity contribution in [3.05, 3.63) is 59.1 Å². The number of benzene rings is 2. The topological polar surface area (TPSA) is 24.1 Å². The van der Waals surface area contributed by atoms with Gasteiger partial charge >= 0.3 is 6.18 Å². The van der Waals surface area contributed by atoms with Gasteiger partial charge in [0.1, 0.15) is 0 Å². The first-order valence-electron chi connectivity index (χ1n) is 6.36. The number of nitrogens with one attached hydrogen (secondary N) is 2. The quantitative estimate of drug-likeness (QED) is 0.768. The number of alkyl halides is 3. The molecule has 0 aliphatic carbocycles. The normalized spacial score (nSPS) is 11.2. The molecule has 0 saturated heterocycles. The summed E-state index contributed by atoms with van der Waals surface area (Å²) in [4.78, 5) is 0. The van der Waals surface area contributed by atoms with Crippen LogP contribution in [-0.4, -0.2) is 13.1 Å². The van der Waals surface area contributed by atoms with Gasteiger partial charge in [-0.05, 0) is 36.4 Å². The first-order chi connectivity index (χ1) is 9.95. The minimum Gasteiger partial charge on any atom is -0.383 e. The van der Waals surface area contributed by atoms with E-state index in [2.05, 4.69) is 10.6 Å². The maximum absolute atomic E-state index is 12.6. The molecule has 2 aromatic rings. The molecule has 2 nitrogen and oxygen atoms in total. The summed E-state index contributed by atoms with van der Waals surface area (Å²) in [7, 11) is 0. The van der Waals surface area contributed by atoms with Gasteiger partial charge in [0.2, 0.25) is 0 Å². The van der Waals surface area contributed by atoms with Gasteiger partial charge in [-0.15, -0.1) is 0 Å². The van der Waals surface area contributed by atoms with E-state index in [1.54, 1.807) is 18.2 Å². The minimum absolute atomic E-state index is 0.442. The zero-order valence-electron chi connectivity index (χ0n) is 11.0. The molecule has 0 amide bonds. The van der Waals surface area contributed by atoms with Gasteiger partial charge in [0.05, 0.1) is 5.56 Å². The van der Waals surface area contributed by atoms with Crippen LogP contribution >= 0.6 is 11.6 Å². The number of anilines is 2. The van der Waals surface area contributed by atoms with Gasteiger partial charge in [-0.3, -0.25) is 0 Å². The molecule has 0 aromatic heterocycles. The summed E-state index contributed by atoms with van der Waals surface area (Å²) >= 11 is 5.85. The van der Waals surface area contributed by atoms with Crippen LogP contribution in [0.3, 0.4) is 0 Å². The van der Waals surface area contributed by atoms with Gasteiger partial charge in [-0.1, -0.05) is 23.7 Å². The Hall–Kier alpha value is -1.88. The molecule has 0 aliphatic heterocycles. The van der Waals surface area contributed by atoms with Crippen molar-refractivity contribution >= 4 is 23.0 Å². The molecule has 2 aromatic carbocycles. The zero-order chi connectivity index (χ0) is 15.3. The van der Waals surface area contributed by atoms with Gasteiger partial charge in [-0.2, -0.15) is 13.2 Å². The molecule has 21 heavy (non-hydrogen) atoms. The second kappa shape index (κ2) is 6.72. The van der Waals surface area contributed by atoms with Crippen molar-refractivity contribution in [3.8, 4) is 0 Å². The molecule has 0 saturated carbocycles. The molecule has 2 N–H and O–H groups in total. The lowest BCUT2D eigenvalue weighted by Crippen LogP contribution is -2.14. The highest BCUT2D eigenvalue weighted by Crippen LogP contribution is 2.30. The lowest BCUT2D eigenvalue weighted by molar-refractivity contribution is -0.137. The summed E-state index contributed by atoms with van der Waals surface area (Å²) in [5.74, 6) is 0. The molecule has 0 spiro atoms. The van der Waals surface area contributed by atoms with Crippen molar-refractivity contribution in [1.82, 2.24) is 0 Å². The summed E-state index contributed by atoms with van der Waals surface area (Å²) in [6.45, 7) is 1.06. The van der Waals surface area contributed by atoms with Crippen LogP contribution in [0.15, 0.2) is 48.5 Å². The van der Waals surface area contributed by atoms with E-state index in [1.165, 1.54) is 6.07 Å². The van der Waals surface area contributed by atoms with E-state index in [9.17, 15) is 13.2 Å². The van der Waals surface area contributed by atoms with Gasteiger partial charge in [0.25, 0.3) is 0 Å². The molecular formula is C15H14ClF3N2. The molecule has 6 heteroatoms. The fourth-order valence-corrected chi connectivity index (χ4v) is 2.01. The van der Waals surface area contributed by atoms with Gasteiger partial charge < -0.3 is 10.6 Å². The maximum Gasteiger partial charge on any atom is 0.416 e. The highest BCUT2D eigenvalue weighted by molar-refractivity contribution is 6.30. The Morgan fingerprint density at radius 2 is 1.43 bits per heavy atom. The van der Waals surface area contributed by atoms with E-state index in [0.717, 1.165) is 17.8 Å². The molecule has 0 atom stereocenters. The van der Waals surface area contributed by atoms with Crippen LogP contribution in [-0.2, 0) is 6.18 Å². The second-order valence-corrected chi connectivity index (χ2v) is 4.88. The summed E-state index contributed by atoms with van der Waals surface area (Å²) in [5.41, 5.74) is 0.654. The van der Waals surface area contributed by atoms with Crippen LogP contribution in [0.1, 0.15) is 5.56 Å².